The van der Waals surface area contributed by atoms with Gasteiger partial charge in [-0.05, 0) is 51.1 Å². The number of para-hydroxylation sites is 1. The minimum Gasteiger partial charge on any atom is -0.325 e. The van der Waals surface area contributed by atoms with Crippen LogP contribution in [0.3, 0.4) is 0 Å². The number of halogens is 2. The molecule has 0 atom stereocenters. The van der Waals surface area contributed by atoms with Crippen molar-refractivity contribution in [2.24, 2.45) is 5.41 Å². The molecular formula is C19H20ClFN2O2. The third kappa shape index (κ3) is 4.17. The van der Waals surface area contributed by atoms with E-state index in [1.165, 1.54) is 12.1 Å². The van der Waals surface area contributed by atoms with E-state index in [9.17, 15) is 14.0 Å². The van der Waals surface area contributed by atoms with Gasteiger partial charge in [-0.2, -0.15) is 0 Å². The number of hydrogen-bond donors (Lipinski definition) is 1. The van der Waals surface area contributed by atoms with Gasteiger partial charge in [-0.3, -0.25) is 9.59 Å². The third-order valence-corrected chi connectivity index (χ3v) is 4.20. The molecule has 0 saturated heterocycles. The lowest BCUT2D eigenvalue weighted by Gasteiger charge is -2.30. The van der Waals surface area contributed by atoms with Gasteiger partial charge >= 0.3 is 0 Å². The predicted molar refractivity (Wildman–Crippen MR) is 98.3 cm³/mol. The molecule has 0 aliphatic rings. The maximum atomic E-state index is 13.2. The summed E-state index contributed by atoms with van der Waals surface area (Å²) < 4.78 is 13.2. The van der Waals surface area contributed by atoms with E-state index in [2.05, 4.69) is 5.32 Å². The molecule has 1 N–H and O–H groups in total. The van der Waals surface area contributed by atoms with E-state index in [0.29, 0.717) is 12.2 Å². The Balaban J connectivity index is 2.21. The number of rotatable bonds is 5. The van der Waals surface area contributed by atoms with Gasteiger partial charge in [-0.25, -0.2) is 4.39 Å². The molecule has 0 aromatic heterocycles. The van der Waals surface area contributed by atoms with Gasteiger partial charge < -0.3 is 10.2 Å². The average Bonchev–Trinajstić information content (AvgIpc) is 2.59. The van der Waals surface area contributed by atoms with E-state index >= 15 is 0 Å². The zero-order valence-electron chi connectivity index (χ0n) is 14.3. The van der Waals surface area contributed by atoms with Crippen LogP contribution in [0.4, 0.5) is 15.8 Å². The molecular weight excluding hydrogens is 343 g/mol. The van der Waals surface area contributed by atoms with Crippen molar-refractivity contribution in [3.8, 4) is 0 Å². The number of amides is 2. The average molecular weight is 363 g/mol. The molecule has 0 saturated carbocycles. The lowest BCUT2D eigenvalue weighted by molar-refractivity contribution is -0.136. The fraction of sp³-hybridized carbons (Fsp3) is 0.263. The lowest BCUT2D eigenvalue weighted by Crippen LogP contribution is -2.47. The SMILES string of the molecule is CCN(C(=O)C(C)(C)C(=O)Nc1ccc(F)c(Cl)c1)c1ccccc1. The van der Waals surface area contributed by atoms with Gasteiger partial charge in [-0.1, -0.05) is 29.8 Å². The Hall–Kier alpha value is -2.40. The normalized spacial score (nSPS) is 11.1. The number of carbonyl (C=O) groups is 2. The first kappa shape index (κ1) is 18.9. The van der Waals surface area contributed by atoms with Gasteiger partial charge in [0.2, 0.25) is 11.8 Å². The second-order valence-electron chi connectivity index (χ2n) is 6.09. The molecule has 0 radical (unpaired) electrons. The quantitative estimate of drug-likeness (QED) is 0.796. The molecule has 2 aromatic rings. The molecule has 25 heavy (non-hydrogen) atoms. The standard InChI is InChI=1S/C19H20ClFN2O2/c1-4-23(14-8-6-5-7-9-14)18(25)19(2,3)17(24)22-13-10-11-16(21)15(20)12-13/h5-12H,4H2,1-3H3,(H,22,24). The highest BCUT2D eigenvalue weighted by atomic mass is 35.5. The Morgan fingerprint density at radius 2 is 1.80 bits per heavy atom. The Morgan fingerprint density at radius 3 is 2.36 bits per heavy atom. The summed E-state index contributed by atoms with van der Waals surface area (Å²) in [7, 11) is 0. The first-order valence-electron chi connectivity index (χ1n) is 7.91. The van der Waals surface area contributed by atoms with Crippen molar-refractivity contribution < 1.29 is 14.0 Å². The first-order chi connectivity index (χ1) is 11.8. The topological polar surface area (TPSA) is 49.4 Å². The zero-order chi connectivity index (χ0) is 18.6. The minimum absolute atomic E-state index is 0.0959. The number of anilines is 2. The zero-order valence-corrected chi connectivity index (χ0v) is 15.1. The summed E-state index contributed by atoms with van der Waals surface area (Å²) in [5, 5.41) is 2.53. The van der Waals surface area contributed by atoms with Crippen LogP contribution in [0.25, 0.3) is 0 Å². The lowest BCUT2D eigenvalue weighted by atomic mass is 9.89. The molecule has 0 spiro atoms. The highest BCUT2D eigenvalue weighted by Crippen LogP contribution is 2.27. The van der Waals surface area contributed by atoms with E-state index in [-0.39, 0.29) is 10.9 Å². The summed E-state index contributed by atoms with van der Waals surface area (Å²) in [4.78, 5) is 27.1. The molecule has 2 amide bonds. The van der Waals surface area contributed by atoms with Gasteiger partial charge in [0.25, 0.3) is 0 Å². The van der Waals surface area contributed by atoms with Crippen molar-refractivity contribution in [1.29, 1.82) is 0 Å². The fourth-order valence-corrected chi connectivity index (χ4v) is 2.53. The highest BCUT2D eigenvalue weighted by Gasteiger charge is 2.39. The van der Waals surface area contributed by atoms with Gasteiger partial charge in [0.15, 0.2) is 0 Å². The Bertz CT molecular complexity index is 778. The van der Waals surface area contributed by atoms with Gasteiger partial charge in [0.05, 0.1) is 5.02 Å². The molecule has 2 aromatic carbocycles. The number of nitrogens with one attached hydrogen (secondary N) is 1. The molecule has 6 heteroatoms. The van der Waals surface area contributed by atoms with Gasteiger partial charge in [-0.15, -0.1) is 0 Å². The van der Waals surface area contributed by atoms with Crippen LogP contribution in [-0.2, 0) is 9.59 Å². The number of nitrogens with zero attached hydrogens (tertiary/aromatic N) is 1. The molecule has 0 aliphatic carbocycles. The van der Waals surface area contributed by atoms with Crippen LogP contribution in [0, 0.1) is 11.2 Å². The minimum atomic E-state index is -1.31. The monoisotopic (exact) mass is 362 g/mol. The predicted octanol–water partition coefficient (Wildman–Crippen LogP) is 4.50. The maximum Gasteiger partial charge on any atom is 0.242 e. The first-order valence-corrected chi connectivity index (χ1v) is 8.28. The molecule has 2 rings (SSSR count). The van der Waals surface area contributed by atoms with Crippen LogP contribution in [-0.4, -0.2) is 18.4 Å². The molecule has 0 bridgehead atoms. The number of hydrogen-bond acceptors (Lipinski definition) is 2. The maximum absolute atomic E-state index is 13.2. The van der Waals surface area contributed by atoms with Gasteiger partial charge in [0, 0.05) is 17.9 Å². The summed E-state index contributed by atoms with van der Waals surface area (Å²) in [5.41, 5.74) is -0.257. The third-order valence-electron chi connectivity index (χ3n) is 3.91. The van der Waals surface area contributed by atoms with Crippen LogP contribution in [0.2, 0.25) is 5.02 Å². The smallest absolute Gasteiger partial charge is 0.242 e. The Morgan fingerprint density at radius 1 is 1.16 bits per heavy atom. The number of benzene rings is 2. The summed E-state index contributed by atoms with van der Waals surface area (Å²) >= 11 is 5.73. The van der Waals surface area contributed by atoms with Gasteiger partial charge in [0.1, 0.15) is 11.2 Å². The van der Waals surface area contributed by atoms with E-state index < -0.39 is 17.1 Å². The van der Waals surface area contributed by atoms with E-state index in [0.717, 1.165) is 11.8 Å². The molecule has 4 nitrogen and oxygen atoms in total. The van der Waals surface area contributed by atoms with Crippen LogP contribution >= 0.6 is 11.6 Å². The Kier molecular flexibility index (Phi) is 5.80. The second kappa shape index (κ2) is 7.66. The van der Waals surface area contributed by atoms with Crippen molar-refractivity contribution in [3.63, 3.8) is 0 Å². The van der Waals surface area contributed by atoms with E-state index in [1.54, 1.807) is 18.7 Å². The molecule has 0 unspecified atom stereocenters. The molecule has 0 aliphatic heterocycles. The fourth-order valence-electron chi connectivity index (χ4n) is 2.35. The van der Waals surface area contributed by atoms with Crippen molar-refractivity contribution in [2.75, 3.05) is 16.8 Å². The number of carbonyl (C=O) groups excluding carboxylic acids is 2. The van der Waals surface area contributed by atoms with Crippen LogP contribution in [0.5, 0.6) is 0 Å². The molecule has 0 heterocycles. The molecule has 132 valence electrons. The summed E-state index contributed by atoms with van der Waals surface area (Å²) in [5.74, 6) is -1.39. The highest BCUT2D eigenvalue weighted by molar-refractivity contribution is 6.31. The second-order valence-corrected chi connectivity index (χ2v) is 6.50. The summed E-state index contributed by atoms with van der Waals surface area (Å²) in [6.07, 6.45) is 0. The van der Waals surface area contributed by atoms with Crippen LogP contribution in [0.1, 0.15) is 20.8 Å². The van der Waals surface area contributed by atoms with E-state index in [4.69, 9.17) is 11.6 Å². The van der Waals surface area contributed by atoms with Crippen molar-refractivity contribution >= 4 is 34.8 Å². The largest absolute Gasteiger partial charge is 0.325 e. The summed E-state index contributed by atoms with van der Waals surface area (Å²) in [6, 6.07) is 13.0. The van der Waals surface area contributed by atoms with Crippen LogP contribution in [0.15, 0.2) is 48.5 Å². The van der Waals surface area contributed by atoms with Crippen LogP contribution < -0.4 is 10.2 Å². The van der Waals surface area contributed by atoms with Crippen molar-refractivity contribution in [3.05, 3.63) is 59.4 Å². The Labute approximate surface area is 151 Å². The molecule has 0 fully saturated rings. The van der Waals surface area contributed by atoms with Crippen molar-refractivity contribution in [2.45, 2.75) is 20.8 Å². The van der Waals surface area contributed by atoms with E-state index in [1.807, 2.05) is 37.3 Å². The van der Waals surface area contributed by atoms with Crippen molar-refractivity contribution in [1.82, 2.24) is 0 Å². The summed E-state index contributed by atoms with van der Waals surface area (Å²) in [6.45, 7) is 5.39.